The summed E-state index contributed by atoms with van der Waals surface area (Å²) in [5.41, 5.74) is 1.55. The maximum Gasteiger partial charge on any atom is 0.240 e. The number of fused-ring (bicyclic) bond motifs is 1. The van der Waals surface area contributed by atoms with Gasteiger partial charge in [-0.2, -0.15) is 0 Å². The first kappa shape index (κ1) is 15.5. The van der Waals surface area contributed by atoms with Crippen molar-refractivity contribution >= 4 is 21.6 Å². The first-order valence-corrected chi connectivity index (χ1v) is 9.01. The lowest BCUT2D eigenvalue weighted by atomic mass is 10.0. The number of anilines is 1. The van der Waals surface area contributed by atoms with E-state index in [0.29, 0.717) is 25.1 Å². The van der Waals surface area contributed by atoms with E-state index in [9.17, 15) is 13.2 Å². The molecule has 0 spiro atoms. The molecule has 2 N–H and O–H groups in total. The van der Waals surface area contributed by atoms with Crippen molar-refractivity contribution in [2.45, 2.75) is 49.6 Å². The molecule has 2 aliphatic rings. The lowest BCUT2D eigenvalue weighted by Crippen LogP contribution is -2.40. The number of hydrogen-bond donors (Lipinski definition) is 2. The van der Waals surface area contributed by atoms with Gasteiger partial charge in [0.15, 0.2) is 0 Å². The van der Waals surface area contributed by atoms with Crippen molar-refractivity contribution < 1.29 is 17.9 Å². The predicted molar refractivity (Wildman–Crippen MR) is 82.2 cm³/mol. The molecule has 0 radical (unpaired) electrons. The minimum atomic E-state index is -3.59. The molecule has 6 nitrogen and oxygen atoms in total. The van der Waals surface area contributed by atoms with Crippen molar-refractivity contribution in [1.29, 1.82) is 0 Å². The van der Waals surface area contributed by atoms with Gasteiger partial charge in [-0.15, -0.1) is 0 Å². The Kier molecular flexibility index (Phi) is 4.20. The third-order valence-electron chi connectivity index (χ3n) is 4.15. The standard InChI is InChI=1S/C15H20N2O4S/c1-10(14-3-2-8-21-14)17-22(19,20)12-5-6-13-11(9-12)4-7-15(18)16-13/h5-6,9-10,14,17H,2-4,7-8H2,1H3,(H,16,18)/t10-,14+/m0/s1. The average Bonchev–Trinajstić information content (AvgIpc) is 3.00. The molecule has 2 aliphatic heterocycles. The number of nitrogens with one attached hydrogen (secondary N) is 2. The average molecular weight is 324 g/mol. The van der Waals surface area contributed by atoms with Gasteiger partial charge in [0.1, 0.15) is 0 Å². The normalized spacial score (nSPS) is 23.0. The lowest BCUT2D eigenvalue weighted by molar-refractivity contribution is -0.116. The molecule has 120 valence electrons. The highest BCUT2D eigenvalue weighted by Gasteiger charge is 2.27. The number of benzene rings is 1. The Labute approximate surface area is 130 Å². The van der Waals surface area contributed by atoms with Crippen LogP contribution in [0.2, 0.25) is 0 Å². The van der Waals surface area contributed by atoms with Gasteiger partial charge in [-0.1, -0.05) is 0 Å². The summed E-state index contributed by atoms with van der Waals surface area (Å²) in [6.07, 6.45) is 2.73. The molecule has 0 aromatic heterocycles. The van der Waals surface area contributed by atoms with Crippen molar-refractivity contribution in [2.75, 3.05) is 11.9 Å². The molecule has 1 saturated heterocycles. The van der Waals surface area contributed by atoms with E-state index in [1.165, 1.54) is 6.07 Å². The number of amides is 1. The van der Waals surface area contributed by atoms with E-state index in [2.05, 4.69) is 10.0 Å². The number of rotatable bonds is 4. The van der Waals surface area contributed by atoms with Crippen LogP contribution in [0, 0.1) is 0 Å². The van der Waals surface area contributed by atoms with Crippen LogP contribution in [-0.4, -0.2) is 33.1 Å². The second kappa shape index (κ2) is 5.98. The van der Waals surface area contributed by atoms with Gasteiger partial charge in [0.05, 0.1) is 11.0 Å². The second-order valence-corrected chi connectivity index (χ2v) is 7.54. The fourth-order valence-corrected chi connectivity index (χ4v) is 4.23. The molecule has 1 amide bonds. The number of ether oxygens (including phenoxy) is 1. The topological polar surface area (TPSA) is 84.5 Å². The monoisotopic (exact) mass is 324 g/mol. The van der Waals surface area contributed by atoms with E-state index in [0.717, 1.165) is 18.4 Å². The van der Waals surface area contributed by atoms with Crippen molar-refractivity contribution in [3.05, 3.63) is 23.8 Å². The fraction of sp³-hybridized carbons (Fsp3) is 0.533. The molecule has 2 heterocycles. The summed E-state index contributed by atoms with van der Waals surface area (Å²) in [4.78, 5) is 11.6. The zero-order chi connectivity index (χ0) is 15.7. The van der Waals surface area contributed by atoms with Gasteiger partial charge in [0.2, 0.25) is 15.9 Å². The Balaban J connectivity index is 1.78. The van der Waals surface area contributed by atoms with Crippen molar-refractivity contribution in [2.24, 2.45) is 0 Å². The molecule has 1 aromatic carbocycles. The third kappa shape index (κ3) is 3.16. The van der Waals surface area contributed by atoms with E-state index in [1.807, 2.05) is 6.92 Å². The van der Waals surface area contributed by atoms with E-state index >= 15 is 0 Å². The molecule has 2 atom stereocenters. The van der Waals surface area contributed by atoms with Crippen LogP contribution >= 0.6 is 0 Å². The Morgan fingerprint density at radius 3 is 2.91 bits per heavy atom. The van der Waals surface area contributed by atoms with Gasteiger partial charge in [0, 0.05) is 24.8 Å². The first-order chi connectivity index (χ1) is 10.5. The van der Waals surface area contributed by atoms with E-state index in [4.69, 9.17) is 4.74 Å². The summed E-state index contributed by atoms with van der Waals surface area (Å²) < 4.78 is 33.2. The van der Waals surface area contributed by atoms with Crippen LogP contribution in [0.5, 0.6) is 0 Å². The predicted octanol–water partition coefficient (Wildman–Crippen LogP) is 1.42. The van der Waals surface area contributed by atoms with Crippen LogP contribution in [0.25, 0.3) is 0 Å². The van der Waals surface area contributed by atoms with E-state index in [-0.39, 0.29) is 22.9 Å². The van der Waals surface area contributed by atoms with Gasteiger partial charge < -0.3 is 10.1 Å². The number of sulfonamides is 1. The van der Waals surface area contributed by atoms with Crippen LogP contribution in [0.1, 0.15) is 31.7 Å². The Morgan fingerprint density at radius 2 is 2.18 bits per heavy atom. The minimum absolute atomic E-state index is 0.0340. The largest absolute Gasteiger partial charge is 0.377 e. The highest BCUT2D eigenvalue weighted by Crippen LogP contribution is 2.26. The smallest absolute Gasteiger partial charge is 0.240 e. The third-order valence-corrected chi connectivity index (χ3v) is 5.70. The molecule has 22 heavy (non-hydrogen) atoms. The summed E-state index contributed by atoms with van der Waals surface area (Å²) in [5, 5.41) is 2.75. The minimum Gasteiger partial charge on any atom is -0.377 e. The fourth-order valence-electron chi connectivity index (χ4n) is 2.91. The molecule has 7 heteroatoms. The van der Waals surface area contributed by atoms with Crippen LogP contribution < -0.4 is 10.0 Å². The molecule has 0 aliphatic carbocycles. The molecule has 1 fully saturated rings. The lowest BCUT2D eigenvalue weighted by Gasteiger charge is -2.21. The zero-order valence-corrected chi connectivity index (χ0v) is 13.3. The van der Waals surface area contributed by atoms with Gasteiger partial charge in [-0.3, -0.25) is 4.79 Å². The Bertz CT molecular complexity index is 681. The summed E-state index contributed by atoms with van der Waals surface area (Å²) in [6, 6.07) is 4.55. The Morgan fingerprint density at radius 1 is 1.36 bits per heavy atom. The highest BCUT2D eigenvalue weighted by atomic mass is 32.2. The quantitative estimate of drug-likeness (QED) is 0.877. The Hall–Kier alpha value is -1.44. The van der Waals surface area contributed by atoms with Crippen LogP contribution in [0.15, 0.2) is 23.1 Å². The van der Waals surface area contributed by atoms with Gasteiger partial charge >= 0.3 is 0 Å². The van der Waals surface area contributed by atoms with E-state index < -0.39 is 10.0 Å². The van der Waals surface area contributed by atoms with Gasteiger partial charge in [-0.05, 0) is 49.9 Å². The first-order valence-electron chi connectivity index (χ1n) is 7.52. The van der Waals surface area contributed by atoms with Crippen molar-refractivity contribution in [3.8, 4) is 0 Å². The van der Waals surface area contributed by atoms with Crippen LogP contribution in [-0.2, 0) is 26.0 Å². The maximum atomic E-state index is 12.5. The van der Waals surface area contributed by atoms with Gasteiger partial charge in [0.25, 0.3) is 0 Å². The summed E-state index contributed by atoms with van der Waals surface area (Å²) >= 11 is 0. The van der Waals surface area contributed by atoms with E-state index in [1.54, 1.807) is 12.1 Å². The number of carbonyl (C=O) groups is 1. The molecular weight excluding hydrogens is 304 g/mol. The molecule has 3 rings (SSSR count). The van der Waals surface area contributed by atoms with Crippen LogP contribution in [0.4, 0.5) is 5.69 Å². The summed E-state index contributed by atoms with van der Waals surface area (Å²) in [5.74, 6) is -0.0340. The molecule has 0 saturated carbocycles. The molecule has 0 bridgehead atoms. The van der Waals surface area contributed by atoms with Gasteiger partial charge in [-0.25, -0.2) is 13.1 Å². The van der Waals surface area contributed by atoms with Crippen LogP contribution in [0.3, 0.4) is 0 Å². The maximum absolute atomic E-state index is 12.5. The molecule has 0 unspecified atom stereocenters. The number of hydrogen-bond acceptors (Lipinski definition) is 4. The SMILES string of the molecule is C[C@H](NS(=O)(=O)c1ccc2c(c1)CCC(=O)N2)[C@H]1CCCO1. The number of aryl methyl sites for hydroxylation is 1. The summed E-state index contributed by atoms with van der Waals surface area (Å²) in [6.45, 7) is 2.52. The highest BCUT2D eigenvalue weighted by molar-refractivity contribution is 7.89. The summed E-state index contributed by atoms with van der Waals surface area (Å²) in [7, 11) is -3.59. The zero-order valence-electron chi connectivity index (χ0n) is 12.5. The second-order valence-electron chi connectivity index (χ2n) is 5.83. The molecular formula is C15H20N2O4S. The number of carbonyl (C=O) groups excluding carboxylic acids is 1. The van der Waals surface area contributed by atoms with Crippen molar-refractivity contribution in [3.63, 3.8) is 0 Å². The van der Waals surface area contributed by atoms with Crippen molar-refractivity contribution in [1.82, 2.24) is 4.72 Å². The molecule has 1 aromatic rings.